The molecule has 0 aliphatic carbocycles. The normalized spacial score (nSPS) is 20.8. The minimum Gasteiger partial charge on any atom is -0.477 e. The van der Waals surface area contributed by atoms with E-state index in [1.54, 1.807) is 24.3 Å². The molecular formula is C22H23N5O7S2. The number of nitrogens with one attached hydrogen (secondary N) is 3. The number of hydrogen-bond donors (Lipinski definition) is 4. The summed E-state index contributed by atoms with van der Waals surface area (Å²) in [6, 6.07) is 5.78. The number of carboxylic acids is 1. The number of benzene rings is 1. The van der Waals surface area contributed by atoms with Crippen LogP contribution in [0.15, 0.2) is 35.5 Å². The van der Waals surface area contributed by atoms with Gasteiger partial charge in [0.2, 0.25) is 5.91 Å². The van der Waals surface area contributed by atoms with Crippen LogP contribution in [0.3, 0.4) is 0 Å². The third-order valence-electron chi connectivity index (χ3n) is 5.73. The molecule has 0 aromatic heterocycles. The first-order valence-electron chi connectivity index (χ1n) is 10.9. The quantitative estimate of drug-likeness (QED) is 0.218. The smallest absolute Gasteiger partial charge is 0.352 e. The number of carbonyl (C=O) groups excluding carboxylic acids is 4. The highest BCUT2D eigenvalue weighted by Crippen LogP contribution is 2.40. The topological polar surface area (TPSA) is 157 Å². The van der Waals surface area contributed by atoms with E-state index in [1.807, 2.05) is 0 Å². The zero-order chi connectivity index (χ0) is 26.0. The molecular weight excluding hydrogens is 510 g/mol. The molecule has 2 atom stereocenters. The van der Waals surface area contributed by atoms with Crippen LogP contribution < -0.4 is 16.0 Å². The number of amides is 4. The van der Waals surface area contributed by atoms with Crippen molar-refractivity contribution in [3.05, 3.63) is 41.1 Å². The highest BCUT2D eigenvalue weighted by molar-refractivity contribution is 8.00. The van der Waals surface area contributed by atoms with E-state index in [1.165, 1.54) is 23.6 Å². The van der Waals surface area contributed by atoms with Crippen molar-refractivity contribution in [2.24, 2.45) is 0 Å². The molecule has 3 heterocycles. The molecule has 0 radical (unpaired) electrons. The van der Waals surface area contributed by atoms with E-state index in [4.69, 9.17) is 17.0 Å². The fourth-order valence-corrected chi connectivity index (χ4v) is 5.64. The van der Waals surface area contributed by atoms with Crippen LogP contribution in [0.1, 0.15) is 12.5 Å². The molecule has 1 unspecified atom stereocenters. The van der Waals surface area contributed by atoms with Crippen molar-refractivity contribution in [2.75, 3.05) is 30.8 Å². The lowest BCUT2D eigenvalue weighted by atomic mass is 10.0. The van der Waals surface area contributed by atoms with Crippen LogP contribution in [0.25, 0.3) is 0 Å². The Kier molecular flexibility index (Phi) is 7.45. The van der Waals surface area contributed by atoms with Crippen molar-refractivity contribution in [1.29, 1.82) is 0 Å². The van der Waals surface area contributed by atoms with Gasteiger partial charge in [0.1, 0.15) is 23.7 Å². The van der Waals surface area contributed by atoms with E-state index in [0.29, 0.717) is 29.9 Å². The van der Waals surface area contributed by atoms with Gasteiger partial charge in [-0.2, -0.15) is 0 Å². The van der Waals surface area contributed by atoms with Crippen molar-refractivity contribution >= 4 is 64.6 Å². The predicted molar refractivity (Wildman–Crippen MR) is 133 cm³/mol. The van der Waals surface area contributed by atoms with Gasteiger partial charge in [-0.25, -0.2) is 9.59 Å². The molecule has 4 rings (SSSR count). The van der Waals surface area contributed by atoms with E-state index in [-0.39, 0.29) is 35.6 Å². The maximum Gasteiger partial charge on any atom is 0.352 e. The van der Waals surface area contributed by atoms with Crippen LogP contribution in [0.2, 0.25) is 0 Å². The van der Waals surface area contributed by atoms with Crippen LogP contribution in [0.4, 0.5) is 10.5 Å². The Hall–Kier alpha value is -3.65. The molecule has 3 aliphatic heterocycles. The number of β-lactam (4-membered cyclic amide) rings is 1. The average Bonchev–Trinajstić information content (AvgIpc) is 3.27. The Morgan fingerprint density at radius 3 is 2.69 bits per heavy atom. The molecule has 14 heteroatoms. The largest absolute Gasteiger partial charge is 0.477 e. The number of esters is 1. The molecule has 0 spiro atoms. The van der Waals surface area contributed by atoms with Gasteiger partial charge in [-0.3, -0.25) is 24.2 Å². The summed E-state index contributed by atoms with van der Waals surface area (Å²) in [5, 5.41) is 17.6. The van der Waals surface area contributed by atoms with E-state index in [2.05, 4.69) is 16.0 Å². The number of thiocarbonyl (C=S) groups is 1. The summed E-state index contributed by atoms with van der Waals surface area (Å²) in [4.78, 5) is 62.9. The second-order valence-electron chi connectivity index (χ2n) is 8.14. The average molecular weight is 534 g/mol. The fourth-order valence-electron chi connectivity index (χ4n) is 4.03. The molecule has 190 valence electrons. The van der Waals surface area contributed by atoms with E-state index in [9.17, 15) is 29.1 Å². The third kappa shape index (κ3) is 5.14. The summed E-state index contributed by atoms with van der Waals surface area (Å²) in [7, 11) is 0. The second-order valence-corrected chi connectivity index (χ2v) is 9.63. The first kappa shape index (κ1) is 25.4. The number of anilines is 1. The first-order chi connectivity index (χ1) is 17.2. The molecule has 2 fully saturated rings. The van der Waals surface area contributed by atoms with Gasteiger partial charge in [-0.1, -0.05) is 18.2 Å². The molecule has 4 amide bonds. The van der Waals surface area contributed by atoms with E-state index in [0.717, 1.165) is 4.90 Å². The molecule has 1 aromatic carbocycles. The van der Waals surface area contributed by atoms with Crippen LogP contribution in [-0.2, 0) is 30.3 Å². The van der Waals surface area contributed by atoms with Crippen LogP contribution >= 0.6 is 24.0 Å². The van der Waals surface area contributed by atoms with Gasteiger partial charge >= 0.3 is 18.0 Å². The number of urea groups is 1. The standard InChI is InChI=1S/C22H23N5O7S2/c1-11(28)34-9-13-10-36-19-16(18(30)27(19)17(13)20(31)32)25-15(29)8-12-4-2-3-5-14(12)24-22(35)26-7-6-23-21(26)33/h2-5,16,19H,6-10H2,1H3,(H,23,33)(H,24,35)(H,25,29)(H,31,32)/t16?,19-/m1/s1. The molecule has 1 aromatic rings. The molecule has 0 saturated carbocycles. The van der Waals surface area contributed by atoms with Gasteiger partial charge < -0.3 is 25.8 Å². The molecule has 4 N–H and O–H groups in total. The number of carbonyl (C=O) groups is 5. The summed E-state index contributed by atoms with van der Waals surface area (Å²) in [6.45, 7) is 1.91. The summed E-state index contributed by atoms with van der Waals surface area (Å²) in [5.41, 5.74) is 1.26. The van der Waals surface area contributed by atoms with Crippen molar-refractivity contribution < 1.29 is 33.8 Å². The lowest BCUT2D eigenvalue weighted by Crippen LogP contribution is -2.70. The van der Waals surface area contributed by atoms with Gasteiger partial charge in [0.05, 0.1) is 6.42 Å². The summed E-state index contributed by atoms with van der Waals surface area (Å²) >= 11 is 6.60. The van der Waals surface area contributed by atoms with Gasteiger partial charge in [0.15, 0.2) is 5.11 Å². The highest BCUT2D eigenvalue weighted by atomic mass is 32.2. The summed E-state index contributed by atoms with van der Waals surface area (Å²) in [5.74, 6) is -2.60. The Labute approximate surface area is 215 Å². The van der Waals surface area contributed by atoms with Gasteiger partial charge in [0, 0.05) is 37.0 Å². The highest BCUT2D eigenvalue weighted by Gasteiger charge is 2.54. The maximum absolute atomic E-state index is 12.8. The molecule has 36 heavy (non-hydrogen) atoms. The molecule has 12 nitrogen and oxygen atoms in total. The van der Waals surface area contributed by atoms with Gasteiger partial charge in [-0.15, -0.1) is 11.8 Å². The molecule has 2 saturated heterocycles. The zero-order valence-corrected chi connectivity index (χ0v) is 20.7. The second kappa shape index (κ2) is 10.5. The first-order valence-corrected chi connectivity index (χ1v) is 12.4. The lowest BCUT2D eigenvalue weighted by molar-refractivity contribution is -0.151. The Morgan fingerprint density at radius 1 is 1.28 bits per heavy atom. The van der Waals surface area contributed by atoms with Crippen molar-refractivity contribution in [1.82, 2.24) is 20.4 Å². The Balaban J connectivity index is 1.40. The zero-order valence-electron chi connectivity index (χ0n) is 19.1. The number of nitrogens with zero attached hydrogens (tertiary/aromatic N) is 2. The van der Waals surface area contributed by atoms with Gasteiger partial charge in [-0.05, 0) is 23.8 Å². The molecule has 3 aliphatic rings. The fraction of sp³-hybridized carbons (Fsp3) is 0.364. The number of fused-ring (bicyclic) bond motifs is 1. The number of hydrogen-bond acceptors (Lipinski definition) is 8. The Morgan fingerprint density at radius 2 is 2.03 bits per heavy atom. The summed E-state index contributed by atoms with van der Waals surface area (Å²) in [6.07, 6.45) is -0.0710. The number of aliphatic carboxylic acids is 1. The van der Waals surface area contributed by atoms with Crippen LogP contribution in [-0.4, -0.2) is 86.7 Å². The van der Waals surface area contributed by atoms with E-state index < -0.39 is 35.2 Å². The summed E-state index contributed by atoms with van der Waals surface area (Å²) < 4.78 is 4.92. The number of para-hydroxylation sites is 1. The SMILES string of the molecule is CC(=O)OCC1=C(C(=O)O)N2C(=O)C(NC(=O)Cc3ccccc3NC(=S)N3CCNC3=O)[C@H]2SC1. The lowest BCUT2D eigenvalue weighted by Gasteiger charge is -2.49. The molecule has 0 bridgehead atoms. The number of rotatable bonds is 7. The maximum atomic E-state index is 12.8. The van der Waals surface area contributed by atoms with Crippen LogP contribution in [0.5, 0.6) is 0 Å². The van der Waals surface area contributed by atoms with Gasteiger partial charge in [0.25, 0.3) is 5.91 Å². The van der Waals surface area contributed by atoms with Crippen molar-refractivity contribution in [2.45, 2.75) is 24.8 Å². The minimum absolute atomic E-state index is 0.0710. The monoisotopic (exact) mass is 533 g/mol. The number of ether oxygens (including phenoxy) is 1. The minimum atomic E-state index is -1.30. The van der Waals surface area contributed by atoms with E-state index >= 15 is 0 Å². The number of carboxylic acid groups (broad SMARTS) is 1. The van der Waals surface area contributed by atoms with Crippen LogP contribution in [0, 0.1) is 0 Å². The predicted octanol–water partition coefficient (Wildman–Crippen LogP) is 0.253. The van der Waals surface area contributed by atoms with Crippen molar-refractivity contribution in [3.63, 3.8) is 0 Å². The Bertz CT molecular complexity index is 1190. The van der Waals surface area contributed by atoms with Crippen molar-refractivity contribution in [3.8, 4) is 0 Å². The third-order valence-corrected chi connectivity index (χ3v) is 7.39. The number of thioether (sulfide) groups is 1.